The highest BCUT2D eigenvalue weighted by Gasteiger charge is 2.22. The molecular formula is C12H17BrN2. The molecule has 1 aliphatic heterocycles. The summed E-state index contributed by atoms with van der Waals surface area (Å²) in [6, 6.07) is 6.88. The SMILES string of the molecule is Cc1cccc(N2CCCCC2CBr)n1. The Bertz CT molecular complexity index is 327. The number of anilines is 1. The Morgan fingerprint density at radius 2 is 2.33 bits per heavy atom. The van der Waals surface area contributed by atoms with Gasteiger partial charge in [0.1, 0.15) is 5.82 Å². The molecule has 1 aliphatic rings. The summed E-state index contributed by atoms with van der Waals surface area (Å²) in [6.45, 7) is 3.20. The molecule has 3 heteroatoms. The lowest BCUT2D eigenvalue weighted by molar-refractivity contribution is 0.487. The number of hydrogen-bond donors (Lipinski definition) is 0. The highest BCUT2D eigenvalue weighted by atomic mass is 79.9. The van der Waals surface area contributed by atoms with E-state index in [1.165, 1.54) is 19.3 Å². The van der Waals surface area contributed by atoms with Crippen LogP contribution in [0.5, 0.6) is 0 Å². The predicted molar refractivity (Wildman–Crippen MR) is 67.8 cm³/mol. The maximum atomic E-state index is 4.60. The van der Waals surface area contributed by atoms with Gasteiger partial charge in [0.2, 0.25) is 0 Å². The van der Waals surface area contributed by atoms with Gasteiger partial charge in [-0.1, -0.05) is 22.0 Å². The van der Waals surface area contributed by atoms with Crippen molar-refractivity contribution in [1.82, 2.24) is 4.98 Å². The topological polar surface area (TPSA) is 16.1 Å². The molecule has 0 aliphatic carbocycles. The minimum atomic E-state index is 0.619. The third kappa shape index (κ3) is 2.51. The molecule has 1 fully saturated rings. The van der Waals surface area contributed by atoms with E-state index in [0.717, 1.165) is 23.4 Å². The average Bonchev–Trinajstić information content (AvgIpc) is 2.29. The van der Waals surface area contributed by atoms with Crippen molar-refractivity contribution in [3.63, 3.8) is 0 Å². The fourth-order valence-electron chi connectivity index (χ4n) is 2.15. The van der Waals surface area contributed by atoms with Crippen molar-refractivity contribution in [2.24, 2.45) is 0 Å². The van der Waals surface area contributed by atoms with E-state index < -0.39 is 0 Å². The molecule has 2 heterocycles. The van der Waals surface area contributed by atoms with Crippen LogP contribution in [0.4, 0.5) is 5.82 Å². The zero-order valence-electron chi connectivity index (χ0n) is 9.12. The molecule has 0 bridgehead atoms. The van der Waals surface area contributed by atoms with Gasteiger partial charge in [-0.05, 0) is 38.3 Å². The van der Waals surface area contributed by atoms with Crippen LogP contribution in [0.1, 0.15) is 25.0 Å². The first-order valence-corrected chi connectivity index (χ1v) is 6.69. The normalized spacial score (nSPS) is 21.7. The third-order valence-electron chi connectivity index (χ3n) is 2.97. The lowest BCUT2D eigenvalue weighted by Crippen LogP contribution is -2.41. The number of pyridine rings is 1. The number of halogens is 1. The van der Waals surface area contributed by atoms with Gasteiger partial charge in [0, 0.05) is 23.6 Å². The lowest BCUT2D eigenvalue weighted by atomic mass is 10.0. The van der Waals surface area contributed by atoms with Crippen molar-refractivity contribution in [2.45, 2.75) is 32.2 Å². The summed E-state index contributed by atoms with van der Waals surface area (Å²) in [6.07, 6.45) is 3.92. The second-order valence-corrected chi connectivity index (χ2v) is 4.78. The molecule has 0 spiro atoms. The summed E-state index contributed by atoms with van der Waals surface area (Å²) in [7, 11) is 0. The average molecular weight is 269 g/mol. The maximum absolute atomic E-state index is 4.60. The summed E-state index contributed by atoms with van der Waals surface area (Å²) >= 11 is 3.60. The Balaban J connectivity index is 2.20. The second-order valence-electron chi connectivity index (χ2n) is 4.13. The Labute approximate surface area is 99.8 Å². The number of alkyl halides is 1. The molecule has 0 saturated carbocycles. The molecule has 2 rings (SSSR count). The van der Waals surface area contributed by atoms with Crippen LogP contribution in [-0.2, 0) is 0 Å². The number of nitrogens with zero attached hydrogens (tertiary/aromatic N) is 2. The summed E-state index contributed by atoms with van der Waals surface area (Å²) in [5.41, 5.74) is 1.10. The zero-order chi connectivity index (χ0) is 10.7. The van der Waals surface area contributed by atoms with E-state index in [-0.39, 0.29) is 0 Å². The first-order chi connectivity index (χ1) is 7.31. The fourth-order valence-corrected chi connectivity index (χ4v) is 2.82. The van der Waals surface area contributed by atoms with Crippen molar-refractivity contribution >= 4 is 21.7 Å². The van der Waals surface area contributed by atoms with E-state index in [0.29, 0.717) is 6.04 Å². The zero-order valence-corrected chi connectivity index (χ0v) is 10.7. The summed E-state index contributed by atoms with van der Waals surface area (Å²) in [4.78, 5) is 7.04. The molecule has 1 aromatic heterocycles. The van der Waals surface area contributed by atoms with Gasteiger partial charge >= 0.3 is 0 Å². The monoisotopic (exact) mass is 268 g/mol. The van der Waals surface area contributed by atoms with E-state index in [4.69, 9.17) is 0 Å². The van der Waals surface area contributed by atoms with Crippen molar-refractivity contribution in [3.8, 4) is 0 Å². The molecule has 0 N–H and O–H groups in total. The smallest absolute Gasteiger partial charge is 0.129 e. The molecule has 2 nitrogen and oxygen atoms in total. The van der Waals surface area contributed by atoms with Crippen LogP contribution in [0.3, 0.4) is 0 Å². The summed E-state index contributed by atoms with van der Waals surface area (Å²) in [5.74, 6) is 1.14. The Hall–Kier alpha value is -0.570. The maximum Gasteiger partial charge on any atom is 0.129 e. The van der Waals surface area contributed by atoms with Crippen LogP contribution in [0.15, 0.2) is 18.2 Å². The Kier molecular flexibility index (Phi) is 3.62. The van der Waals surface area contributed by atoms with Gasteiger partial charge in [-0.2, -0.15) is 0 Å². The van der Waals surface area contributed by atoms with Gasteiger partial charge in [-0.25, -0.2) is 4.98 Å². The van der Waals surface area contributed by atoms with Gasteiger partial charge in [-0.15, -0.1) is 0 Å². The third-order valence-corrected chi connectivity index (χ3v) is 3.72. The highest BCUT2D eigenvalue weighted by molar-refractivity contribution is 9.09. The molecule has 1 atom stereocenters. The van der Waals surface area contributed by atoms with Crippen molar-refractivity contribution in [1.29, 1.82) is 0 Å². The van der Waals surface area contributed by atoms with Crippen molar-refractivity contribution in [2.75, 3.05) is 16.8 Å². The van der Waals surface area contributed by atoms with E-state index in [1.54, 1.807) is 0 Å². The molecular weight excluding hydrogens is 252 g/mol. The van der Waals surface area contributed by atoms with E-state index in [1.807, 2.05) is 0 Å². The number of aromatic nitrogens is 1. The van der Waals surface area contributed by atoms with Crippen molar-refractivity contribution in [3.05, 3.63) is 23.9 Å². The second kappa shape index (κ2) is 4.97. The molecule has 1 saturated heterocycles. The van der Waals surface area contributed by atoms with Gasteiger partial charge in [0.25, 0.3) is 0 Å². The van der Waals surface area contributed by atoms with Gasteiger partial charge in [0.15, 0.2) is 0 Å². The minimum Gasteiger partial charge on any atom is -0.353 e. The van der Waals surface area contributed by atoms with Crippen LogP contribution < -0.4 is 4.90 Å². The first kappa shape index (κ1) is 10.9. The van der Waals surface area contributed by atoms with Crippen LogP contribution in [-0.4, -0.2) is 22.9 Å². The highest BCUT2D eigenvalue weighted by Crippen LogP contribution is 2.24. The van der Waals surface area contributed by atoms with Gasteiger partial charge in [-0.3, -0.25) is 0 Å². The number of aryl methyl sites for hydroxylation is 1. The minimum absolute atomic E-state index is 0.619. The van der Waals surface area contributed by atoms with E-state index >= 15 is 0 Å². The number of hydrogen-bond acceptors (Lipinski definition) is 2. The van der Waals surface area contributed by atoms with Crippen LogP contribution in [0, 0.1) is 6.92 Å². The molecule has 0 aromatic carbocycles. The largest absolute Gasteiger partial charge is 0.353 e. The summed E-state index contributed by atoms with van der Waals surface area (Å²) in [5, 5.41) is 1.04. The quantitative estimate of drug-likeness (QED) is 0.767. The van der Waals surface area contributed by atoms with E-state index in [2.05, 4.69) is 50.9 Å². The van der Waals surface area contributed by atoms with E-state index in [9.17, 15) is 0 Å². The standard InChI is InChI=1S/C12H17BrN2/c1-10-5-4-7-12(14-10)15-8-3-2-6-11(15)9-13/h4-5,7,11H,2-3,6,8-9H2,1H3. The fraction of sp³-hybridized carbons (Fsp3) is 0.583. The number of rotatable bonds is 2. The molecule has 0 radical (unpaired) electrons. The molecule has 1 aromatic rings. The van der Waals surface area contributed by atoms with Crippen LogP contribution in [0.25, 0.3) is 0 Å². The van der Waals surface area contributed by atoms with Crippen molar-refractivity contribution < 1.29 is 0 Å². The number of piperidine rings is 1. The Morgan fingerprint density at radius 1 is 1.47 bits per heavy atom. The van der Waals surface area contributed by atoms with Crippen LogP contribution >= 0.6 is 15.9 Å². The first-order valence-electron chi connectivity index (χ1n) is 5.57. The summed E-state index contributed by atoms with van der Waals surface area (Å²) < 4.78 is 0. The van der Waals surface area contributed by atoms with Gasteiger partial charge < -0.3 is 4.90 Å². The predicted octanol–water partition coefficient (Wildman–Crippen LogP) is 3.14. The molecule has 1 unspecified atom stereocenters. The lowest BCUT2D eigenvalue weighted by Gasteiger charge is -2.35. The molecule has 0 amide bonds. The Morgan fingerprint density at radius 3 is 3.07 bits per heavy atom. The molecule has 15 heavy (non-hydrogen) atoms. The van der Waals surface area contributed by atoms with Crippen LogP contribution in [0.2, 0.25) is 0 Å². The molecule has 82 valence electrons. The van der Waals surface area contributed by atoms with Gasteiger partial charge in [0.05, 0.1) is 0 Å².